The van der Waals surface area contributed by atoms with Gasteiger partial charge in [-0.15, -0.1) is 0 Å². The van der Waals surface area contributed by atoms with Gasteiger partial charge in [-0.3, -0.25) is 0 Å². The van der Waals surface area contributed by atoms with E-state index in [0.29, 0.717) is 0 Å². The predicted octanol–water partition coefficient (Wildman–Crippen LogP) is 8.12. The Morgan fingerprint density at radius 1 is 0.385 bits per heavy atom. The van der Waals surface area contributed by atoms with Gasteiger partial charge in [0.15, 0.2) is 0 Å². The third-order valence-corrected chi connectivity index (χ3v) is 14.1. The summed E-state index contributed by atoms with van der Waals surface area (Å²) in [6.45, 7) is 0.860. The highest BCUT2D eigenvalue weighted by Gasteiger charge is 2.37. The van der Waals surface area contributed by atoms with Gasteiger partial charge in [0.2, 0.25) is 0 Å². The normalized spacial score (nSPS) is 12.6. The SMILES string of the molecule is CO[Si](CCCCCCCCCCCC(CN)CCCCCCCCCCC[Si](OC)(OC)OC)(OC)OC. The first kappa shape index (κ1) is 39.2. The van der Waals surface area contributed by atoms with E-state index in [9.17, 15) is 0 Å². The lowest BCUT2D eigenvalue weighted by atomic mass is 9.94. The van der Waals surface area contributed by atoms with Gasteiger partial charge in [0.1, 0.15) is 0 Å². The summed E-state index contributed by atoms with van der Waals surface area (Å²) < 4.78 is 33.0. The minimum absolute atomic E-state index is 0.731. The van der Waals surface area contributed by atoms with Crippen LogP contribution in [-0.4, -0.2) is 66.8 Å². The van der Waals surface area contributed by atoms with Crippen LogP contribution in [0.2, 0.25) is 12.1 Å². The van der Waals surface area contributed by atoms with Crippen LogP contribution in [0.1, 0.15) is 128 Å². The first-order valence-electron chi connectivity index (χ1n) is 16.0. The molecule has 236 valence electrons. The van der Waals surface area contributed by atoms with Crippen molar-refractivity contribution in [1.29, 1.82) is 0 Å². The van der Waals surface area contributed by atoms with Crippen LogP contribution in [0, 0.1) is 5.92 Å². The average Bonchev–Trinajstić information content (AvgIpc) is 2.98. The Hall–Kier alpha value is 0.154. The van der Waals surface area contributed by atoms with Crippen LogP contribution in [-0.2, 0) is 26.6 Å². The monoisotopic (exact) mass is 593 g/mol. The Morgan fingerprint density at radius 3 is 0.846 bits per heavy atom. The summed E-state index contributed by atoms with van der Waals surface area (Å²) >= 11 is 0. The van der Waals surface area contributed by atoms with Gasteiger partial charge in [-0.1, -0.05) is 103 Å². The lowest BCUT2D eigenvalue weighted by Gasteiger charge is -2.24. The summed E-state index contributed by atoms with van der Waals surface area (Å²) in [6.07, 6.45) is 26.3. The Labute approximate surface area is 245 Å². The zero-order valence-electron chi connectivity index (χ0n) is 26.9. The molecule has 0 heterocycles. The second-order valence-electron chi connectivity index (χ2n) is 11.1. The van der Waals surface area contributed by atoms with Gasteiger partial charge in [-0.25, -0.2) is 0 Å². The van der Waals surface area contributed by atoms with Crippen molar-refractivity contribution in [3.63, 3.8) is 0 Å². The van der Waals surface area contributed by atoms with Gasteiger partial charge < -0.3 is 32.3 Å². The lowest BCUT2D eigenvalue weighted by Crippen LogP contribution is -2.42. The molecule has 0 radical (unpaired) electrons. The Kier molecular flexibility index (Phi) is 27.1. The van der Waals surface area contributed by atoms with Gasteiger partial charge in [0.25, 0.3) is 0 Å². The van der Waals surface area contributed by atoms with E-state index >= 15 is 0 Å². The molecule has 0 aliphatic carbocycles. The highest BCUT2D eigenvalue weighted by atomic mass is 28.4. The minimum Gasteiger partial charge on any atom is -0.377 e. The summed E-state index contributed by atoms with van der Waals surface area (Å²) in [5.41, 5.74) is 6.08. The Bertz CT molecular complexity index is 451. The quantitative estimate of drug-likeness (QED) is 0.0642. The van der Waals surface area contributed by atoms with E-state index in [1.54, 1.807) is 42.7 Å². The number of unbranched alkanes of at least 4 members (excludes halogenated alkanes) is 16. The first-order chi connectivity index (χ1) is 19.0. The average molecular weight is 594 g/mol. The number of hydrogen-bond donors (Lipinski definition) is 1. The topological polar surface area (TPSA) is 81.4 Å². The van der Waals surface area contributed by atoms with E-state index in [0.717, 1.165) is 37.4 Å². The second-order valence-corrected chi connectivity index (χ2v) is 17.3. The molecule has 7 nitrogen and oxygen atoms in total. The molecule has 0 aromatic heterocycles. The lowest BCUT2D eigenvalue weighted by molar-refractivity contribution is 0.122. The van der Waals surface area contributed by atoms with Crippen molar-refractivity contribution in [2.75, 3.05) is 49.2 Å². The molecule has 0 bridgehead atoms. The van der Waals surface area contributed by atoms with Crippen LogP contribution in [0.25, 0.3) is 0 Å². The molecular formula is C30H67NO6Si2. The molecule has 0 spiro atoms. The summed E-state index contributed by atoms with van der Waals surface area (Å²) in [4.78, 5) is 0. The minimum atomic E-state index is -2.37. The van der Waals surface area contributed by atoms with Crippen LogP contribution in [0.15, 0.2) is 0 Å². The molecule has 2 N–H and O–H groups in total. The van der Waals surface area contributed by atoms with Crippen molar-refractivity contribution in [2.45, 2.75) is 141 Å². The van der Waals surface area contributed by atoms with E-state index in [1.165, 1.54) is 116 Å². The maximum atomic E-state index is 6.08. The predicted molar refractivity (Wildman–Crippen MR) is 168 cm³/mol. The van der Waals surface area contributed by atoms with E-state index in [1.807, 2.05) is 0 Å². The van der Waals surface area contributed by atoms with Crippen LogP contribution in [0.3, 0.4) is 0 Å². The summed E-state index contributed by atoms with van der Waals surface area (Å²) in [6, 6.07) is 1.84. The van der Waals surface area contributed by atoms with Crippen molar-refractivity contribution >= 4 is 17.6 Å². The molecule has 0 fully saturated rings. The fourth-order valence-electron chi connectivity index (χ4n) is 5.52. The summed E-state index contributed by atoms with van der Waals surface area (Å²) in [5.74, 6) is 0.731. The highest BCUT2D eigenvalue weighted by Crippen LogP contribution is 2.21. The standard InChI is InChI=1S/C30H67NO6Si2/c1-32-38(33-2,34-3)27-23-19-15-11-7-9-13-17-21-25-30(29-31)26-22-18-14-10-8-12-16-20-24-28-39(35-4,36-5)37-6/h30H,7-29,31H2,1-6H3. The molecule has 0 atom stereocenters. The highest BCUT2D eigenvalue weighted by molar-refractivity contribution is 6.60. The van der Waals surface area contributed by atoms with Crippen molar-refractivity contribution in [3.8, 4) is 0 Å². The largest absolute Gasteiger partial charge is 0.500 e. The van der Waals surface area contributed by atoms with Gasteiger partial charge in [-0.2, -0.15) is 0 Å². The van der Waals surface area contributed by atoms with Crippen molar-refractivity contribution < 1.29 is 26.6 Å². The zero-order chi connectivity index (χ0) is 29.1. The van der Waals surface area contributed by atoms with Crippen molar-refractivity contribution in [3.05, 3.63) is 0 Å². The number of rotatable bonds is 31. The van der Waals surface area contributed by atoms with Crippen molar-refractivity contribution in [1.82, 2.24) is 0 Å². The molecule has 0 rings (SSSR count). The fraction of sp³-hybridized carbons (Fsp3) is 1.00. The van der Waals surface area contributed by atoms with Crippen LogP contribution >= 0.6 is 0 Å². The molecule has 9 heteroatoms. The number of nitrogens with two attached hydrogens (primary N) is 1. The van der Waals surface area contributed by atoms with E-state index in [4.69, 9.17) is 32.3 Å². The van der Waals surface area contributed by atoms with E-state index in [2.05, 4.69) is 0 Å². The van der Waals surface area contributed by atoms with Gasteiger partial charge >= 0.3 is 17.6 Å². The Balaban J connectivity index is 3.52. The Morgan fingerprint density at radius 2 is 0.615 bits per heavy atom. The molecule has 0 aliphatic rings. The first-order valence-corrected chi connectivity index (χ1v) is 19.9. The summed E-state index contributed by atoms with van der Waals surface area (Å²) in [5, 5.41) is 0. The molecule has 0 aromatic carbocycles. The maximum absolute atomic E-state index is 6.08. The van der Waals surface area contributed by atoms with Crippen LogP contribution < -0.4 is 5.73 Å². The third-order valence-electron chi connectivity index (χ3n) is 8.39. The van der Waals surface area contributed by atoms with Gasteiger partial charge in [-0.05, 0) is 38.1 Å². The molecule has 0 unspecified atom stereocenters. The van der Waals surface area contributed by atoms with E-state index < -0.39 is 17.6 Å². The van der Waals surface area contributed by atoms with Crippen molar-refractivity contribution in [2.24, 2.45) is 11.7 Å². The molecule has 0 amide bonds. The fourth-order valence-corrected chi connectivity index (χ4v) is 9.11. The third kappa shape index (κ3) is 19.8. The molecule has 0 saturated carbocycles. The van der Waals surface area contributed by atoms with Gasteiger partial charge in [0.05, 0.1) is 0 Å². The van der Waals surface area contributed by atoms with Crippen LogP contribution in [0.5, 0.6) is 0 Å². The molecule has 0 aliphatic heterocycles. The molecule has 39 heavy (non-hydrogen) atoms. The molecule has 0 aromatic rings. The summed E-state index contributed by atoms with van der Waals surface area (Å²) in [7, 11) is 5.45. The molecular weight excluding hydrogens is 527 g/mol. The smallest absolute Gasteiger partial charge is 0.377 e. The molecule has 0 saturated heterocycles. The van der Waals surface area contributed by atoms with E-state index in [-0.39, 0.29) is 0 Å². The maximum Gasteiger partial charge on any atom is 0.500 e. The zero-order valence-corrected chi connectivity index (χ0v) is 28.9. The van der Waals surface area contributed by atoms with Gasteiger partial charge in [0, 0.05) is 54.7 Å². The van der Waals surface area contributed by atoms with Crippen LogP contribution in [0.4, 0.5) is 0 Å². The second kappa shape index (κ2) is 27.0. The number of hydrogen-bond acceptors (Lipinski definition) is 7.